The number of ether oxygens (including phenoxy) is 2. The average molecular weight is 427 g/mol. The number of aliphatic hydroxyl groups is 2. The molecule has 30 heavy (non-hydrogen) atoms. The fraction of sp³-hybridized carbons (Fsp3) is 1.00. The van der Waals surface area contributed by atoms with Gasteiger partial charge in [-0.25, -0.2) is 0 Å². The predicted octanol–water partition coefficient (Wildman–Crippen LogP) is 6.02. The van der Waals surface area contributed by atoms with Gasteiger partial charge in [-0.3, -0.25) is 0 Å². The largest absolute Gasteiger partial charge is 0.396 e. The van der Waals surface area contributed by atoms with Crippen molar-refractivity contribution in [1.29, 1.82) is 0 Å². The fourth-order valence-corrected chi connectivity index (χ4v) is 4.89. The van der Waals surface area contributed by atoms with Crippen LogP contribution in [0.3, 0.4) is 0 Å². The van der Waals surface area contributed by atoms with E-state index in [-0.39, 0.29) is 24.0 Å². The maximum absolute atomic E-state index is 9.35. The third kappa shape index (κ3) is 9.97. The maximum atomic E-state index is 9.35. The second-order valence-corrected chi connectivity index (χ2v) is 11.6. The van der Waals surface area contributed by atoms with Crippen LogP contribution in [0, 0.1) is 10.8 Å². The first kappa shape index (κ1) is 26.1. The highest BCUT2D eigenvalue weighted by molar-refractivity contribution is 4.79. The molecule has 0 spiro atoms. The Morgan fingerprint density at radius 2 is 0.900 bits per heavy atom. The molecule has 2 aliphatic heterocycles. The third-order valence-electron chi connectivity index (χ3n) is 7.32. The van der Waals surface area contributed by atoms with Crippen molar-refractivity contribution in [2.45, 2.75) is 142 Å². The average Bonchev–Trinajstić information content (AvgIpc) is 3.36. The highest BCUT2D eigenvalue weighted by Gasteiger charge is 2.29. The van der Waals surface area contributed by atoms with Gasteiger partial charge in [0.15, 0.2) is 0 Å². The van der Waals surface area contributed by atoms with Crippen LogP contribution in [0.2, 0.25) is 0 Å². The molecular formula is C26H50O4. The summed E-state index contributed by atoms with van der Waals surface area (Å²) >= 11 is 0. The highest BCUT2D eigenvalue weighted by Crippen LogP contribution is 2.32. The molecule has 4 unspecified atom stereocenters. The normalized spacial score (nSPS) is 27.8. The number of aliphatic hydroxyl groups excluding tert-OH is 2. The Morgan fingerprint density at radius 1 is 0.567 bits per heavy atom. The molecule has 4 heteroatoms. The molecule has 0 amide bonds. The minimum absolute atomic E-state index is 0.0637. The molecule has 2 heterocycles. The van der Waals surface area contributed by atoms with Crippen LogP contribution in [-0.2, 0) is 9.47 Å². The molecule has 0 aliphatic carbocycles. The predicted molar refractivity (Wildman–Crippen MR) is 124 cm³/mol. The van der Waals surface area contributed by atoms with Crippen molar-refractivity contribution in [1.82, 2.24) is 0 Å². The molecule has 0 aromatic heterocycles. The summed E-state index contributed by atoms with van der Waals surface area (Å²) in [5.74, 6) is 0. The van der Waals surface area contributed by atoms with Gasteiger partial charge in [0.05, 0.1) is 24.4 Å². The summed E-state index contributed by atoms with van der Waals surface area (Å²) in [7, 11) is 0. The minimum Gasteiger partial charge on any atom is -0.396 e. The molecule has 2 saturated heterocycles. The lowest BCUT2D eigenvalue weighted by molar-refractivity contribution is 0.00519. The zero-order valence-electron chi connectivity index (χ0n) is 20.3. The standard InChI is InChI=1S/C26H50O4/c1-25(2,19-27)17-7-5-9-21-11-13-23(29-21)15-16-24-14-12-22(30-24)10-6-8-18-26(3,4)20-28/h21-24,27-28H,5-20H2,1-4H3. The zero-order chi connectivity index (χ0) is 22.0. The van der Waals surface area contributed by atoms with Gasteiger partial charge in [0.25, 0.3) is 0 Å². The second-order valence-electron chi connectivity index (χ2n) is 11.6. The van der Waals surface area contributed by atoms with Crippen molar-refractivity contribution in [2.75, 3.05) is 13.2 Å². The van der Waals surface area contributed by atoms with Crippen LogP contribution < -0.4 is 0 Å². The van der Waals surface area contributed by atoms with E-state index in [0.717, 1.165) is 25.7 Å². The van der Waals surface area contributed by atoms with E-state index in [9.17, 15) is 10.2 Å². The molecule has 0 aromatic carbocycles. The zero-order valence-corrected chi connectivity index (χ0v) is 20.3. The van der Waals surface area contributed by atoms with E-state index in [4.69, 9.17) is 9.47 Å². The van der Waals surface area contributed by atoms with Crippen LogP contribution in [0.5, 0.6) is 0 Å². The Hall–Kier alpha value is -0.160. The Kier molecular flexibility index (Phi) is 11.1. The van der Waals surface area contributed by atoms with Crippen LogP contribution in [0.15, 0.2) is 0 Å². The summed E-state index contributed by atoms with van der Waals surface area (Å²) in [5.41, 5.74) is 0.127. The van der Waals surface area contributed by atoms with Crippen molar-refractivity contribution in [3.05, 3.63) is 0 Å². The van der Waals surface area contributed by atoms with Crippen LogP contribution in [0.1, 0.15) is 118 Å². The van der Waals surface area contributed by atoms with Gasteiger partial charge in [-0.15, -0.1) is 0 Å². The van der Waals surface area contributed by atoms with E-state index in [2.05, 4.69) is 27.7 Å². The van der Waals surface area contributed by atoms with Gasteiger partial charge in [0, 0.05) is 13.2 Å². The fourth-order valence-electron chi connectivity index (χ4n) is 4.89. The summed E-state index contributed by atoms with van der Waals surface area (Å²) < 4.78 is 12.6. The summed E-state index contributed by atoms with van der Waals surface area (Å²) in [6.07, 6.45) is 18.3. The van der Waals surface area contributed by atoms with Gasteiger partial charge >= 0.3 is 0 Å². The van der Waals surface area contributed by atoms with Crippen LogP contribution in [0.4, 0.5) is 0 Å². The molecule has 0 radical (unpaired) electrons. The number of hydrogen-bond acceptors (Lipinski definition) is 4. The SMILES string of the molecule is CC(C)(CO)CCCCC1CCC(CCC2CCC(CCCCC(C)(C)CO)O2)O1. The minimum atomic E-state index is 0.0637. The Balaban J connectivity index is 1.50. The molecule has 0 bridgehead atoms. The molecule has 178 valence electrons. The Morgan fingerprint density at radius 3 is 1.23 bits per heavy atom. The number of hydrogen-bond donors (Lipinski definition) is 2. The first-order valence-electron chi connectivity index (χ1n) is 12.8. The lowest BCUT2D eigenvalue weighted by Crippen LogP contribution is -2.17. The lowest BCUT2D eigenvalue weighted by Gasteiger charge is -2.22. The van der Waals surface area contributed by atoms with Gasteiger partial charge in [-0.2, -0.15) is 0 Å². The summed E-state index contributed by atoms with van der Waals surface area (Å²) in [6, 6.07) is 0. The Bertz CT molecular complexity index is 420. The molecule has 2 rings (SSSR count). The molecule has 2 N–H and O–H groups in total. The quantitative estimate of drug-likeness (QED) is 0.314. The molecule has 4 atom stereocenters. The monoisotopic (exact) mass is 426 g/mol. The third-order valence-corrected chi connectivity index (χ3v) is 7.32. The topological polar surface area (TPSA) is 58.9 Å². The van der Waals surface area contributed by atoms with Gasteiger partial charge in [-0.05, 0) is 75.0 Å². The van der Waals surface area contributed by atoms with Crippen LogP contribution in [0.25, 0.3) is 0 Å². The van der Waals surface area contributed by atoms with E-state index in [1.165, 1.54) is 64.2 Å². The summed E-state index contributed by atoms with van der Waals surface area (Å²) in [5, 5.41) is 18.7. The van der Waals surface area contributed by atoms with Crippen LogP contribution in [-0.4, -0.2) is 47.8 Å². The van der Waals surface area contributed by atoms with Crippen molar-refractivity contribution < 1.29 is 19.7 Å². The van der Waals surface area contributed by atoms with Crippen molar-refractivity contribution in [3.8, 4) is 0 Å². The van der Waals surface area contributed by atoms with E-state index in [1.807, 2.05) is 0 Å². The molecule has 2 fully saturated rings. The van der Waals surface area contributed by atoms with Gasteiger partial charge in [0.2, 0.25) is 0 Å². The number of unbranched alkanes of at least 4 members (excludes halogenated alkanes) is 2. The van der Waals surface area contributed by atoms with E-state index in [0.29, 0.717) is 24.4 Å². The maximum Gasteiger partial charge on any atom is 0.0580 e. The van der Waals surface area contributed by atoms with E-state index >= 15 is 0 Å². The van der Waals surface area contributed by atoms with Gasteiger partial charge in [0.1, 0.15) is 0 Å². The first-order valence-corrected chi connectivity index (χ1v) is 12.8. The van der Waals surface area contributed by atoms with E-state index in [1.54, 1.807) is 0 Å². The van der Waals surface area contributed by atoms with Gasteiger partial charge in [-0.1, -0.05) is 53.4 Å². The summed E-state index contributed by atoms with van der Waals surface area (Å²) in [6.45, 7) is 9.12. The van der Waals surface area contributed by atoms with E-state index < -0.39 is 0 Å². The number of rotatable bonds is 15. The van der Waals surface area contributed by atoms with Crippen molar-refractivity contribution in [2.24, 2.45) is 10.8 Å². The molecule has 2 aliphatic rings. The Labute approximate surface area is 186 Å². The molecule has 0 saturated carbocycles. The molecule has 0 aromatic rings. The molecule has 4 nitrogen and oxygen atoms in total. The summed E-state index contributed by atoms with van der Waals surface area (Å²) in [4.78, 5) is 0. The molecular weight excluding hydrogens is 376 g/mol. The van der Waals surface area contributed by atoms with Crippen molar-refractivity contribution in [3.63, 3.8) is 0 Å². The van der Waals surface area contributed by atoms with Gasteiger partial charge < -0.3 is 19.7 Å². The lowest BCUT2D eigenvalue weighted by atomic mass is 9.87. The first-order chi connectivity index (χ1) is 14.2. The highest BCUT2D eigenvalue weighted by atomic mass is 16.5. The van der Waals surface area contributed by atoms with Crippen LogP contribution >= 0.6 is 0 Å². The second kappa shape index (κ2) is 12.8. The van der Waals surface area contributed by atoms with Crippen molar-refractivity contribution >= 4 is 0 Å². The smallest absolute Gasteiger partial charge is 0.0580 e.